The Bertz CT molecular complexity index is 724. The van der Waals surface area contributed by atoms with E-state index in [1.54, 1.807) is 18.5 Å². The van der Waals surface area contributed by atoms with Gasteiger partial charge in [0.15, 0.2) is 5.13 Å². The van der Waals surface area contributed by atoms with Gasteiger partial charge >= 0.3 is 0 Å². The van der Waals surface area contributed by atoms with E-state index in [1.807, 2.05) is 30.6 Å². The molecule has 0 spiro atoms. The minimum atomic E-state index is 0.606. The van der Waals surface area contributed by atoms with Crippen LogP contribution in [-0.2, 0) is 0 Å². The molecule has 2 N–H and O–H groups in total. The second kappa shape index (κ2) is 6.07. The molecule has 0 radical (unpaired) electrons. The fraction of sp³-hybridized carbons (Fsp3) is 0.0714. The highest BCUT2D eigenvalue weighted by molar-refractivity contribution is 7.14. The van der Waals surface area contributed by atoms with Crippen molar-refractivity contribution in [1.82, 2.24) is 15.0 Å². The maximum Gasteiger partial charge on any atom is 0.188 e. The zero-order valence-corrected chi connectivity index (χ0v) is 12.7. The summed E-state index contributed by atoms with van der Waals surface area (Å²) in [4.78, 5) is 13.1. The number of aromatic nitrogens is 3. The Morgan fingerprint density at radius 2 is 1.95 bits per heavy atom. The van der Waals surface area contributed by atoms with E-state index in [0.29, 0.717) is 10.8 Å². The Kier molecular flexibility index (Phi) is 3.98. The number of halogens is 1. The van der Waals surface area contributed by atoms with E-state index in [4.69, 9.17) is 11.6 Å². The molecule has 21 heavy (non-hydrogen) atoms. The first-order chi connectivity index (χ1) is 10.2. The fourth-order valence-electron chi connectivity index (χ4n) is 1.70. The van der Waals surface area contributed by atoms with E-state index < -0.39 is 0 Å². The van der Waals surface area contributed by atoms with Crippen LogP contribution in [0.3, 0.4) is 0 Å². The van der Waals surface area contributed by atoms with Crippen molar-refractivity contribution in [2.75, 3.05) is 17.7 Å². The van der Waals surface area contributed by atoms with Crippen molar-refractivity contribution in [1.29, 1.82) is 0 Å². The van der Waals surface area contributed by atoms with Crippen LogP contribution in [0.25, 0.3) is 11.4 Å². The number of nitrogens with one attached hydrogen (secondary N) is 2. The summed E-state index contributed by atoms with van der Waals surface area (Å²) in [6, 6.07) is 7.49. The predicted molar refractivity (Wildman–Crippen MR) is 87.4 cm³/mol. The molecule has 0 aliphatic carbocycles. The predicted octanol–water partition coefficient (Wildman–Crippen LogP) is 4.04. The lowest BCUT2D eigenvalue weighted by molar-refractivity contribution is 1.25. The van der Waals surface area contributed by atoms with Gasteiger partial charge in [-0.25, -0.2) is 9.97 Å². The molecule has 0 fully saturated rings. The topological polar surface area (TPSA) is 62.7 Å². The van der Waals surface area contributed by atoms with Gasteiger partial charge in [0.1, 0.15) is 11.5 Å². The Labute approximate surface area is 131 Å². The van der Waals surface area contributed by atoms with Crippen LogP contribution in [0, 0.1) is 0 Å². The highest BCUT2D eigenvalue weighted by Crippen LogP contribution is 2.26. The van der Waals surface area contributed by atoms with E-state index in [-0.39, 0.29) is 0 Å². The summed E-state index contributed by atoms with van der Waals surface area (Å²) < 4.78 is 0. The van der Waals surface area contributed by atoms with Gasteiger partial charge in [0.05, 0.1) is 22.6 Å². The molecule has 0 aromatic carbocycles. The molecule has 0 saturated heterocycles. The largest absolute Gasteiger partial charge is 0.387 e. The summed E-state index contributed by atoms with van der Waals surface area (Å²) in [5.41, 5.74) is 2.64. The number of hydrogen-bond acceptors (Lipinski definition) is 6. The Hall–Kier alpha value is -2.18. The van der Waals surface area contributed by atoms with E-state index in [2.05, 4.69) is 25.6 Å². The maximum absolute atomic E-state index is 5.81. The Balaban J connectivity index is 1.77. The number of anilines is 3. The van der Waals surface area contributed by atoms with Crippen molar-refractivity contribution in [3.05, 3.63) is 47.1 Å². The molecule has 3 aromatic rings. The van der Waals surface area contributed by atoms with Crippen LogP contribution in [-0.4, -0.2) is 22.0 Å². The van der Waals surface area contributed by atoms with Gasteiger partial charge in [0.2, 0.25) is 0 Å². The number of hydrogen-bond donors (Lipinski definition) is 2. The standard InChI is InChI=1S/C14H12ClN5S/c1-16-10-3-4-11(17-7-10)12-8-21-14(19-12)20-13-5-2-9(15)6-18-13/h2-8,16H,1H3,(H,18,19,20). The minimum absolute atomic E-state index is 0.606. The molecule has 7 heteroatoms. The normalized spacial score (nSPS) is 10.4. The third-order valence-electron chi connectivity index (χ3n) is 2.78. The summed E-state index contributed by atoms with van der Waals surface area (Å²) in [5, 5.41) is 9.50. The van der Waals surface area contributed by atoms with Crippen molar-refractivity contribution in [3.8, 4) is 11.4 Å². The lowest BCUT2D eigenvalue weighted by atomic mass is 10.3. The van der Waals surface area contributed by atoms with Gasteiger partial charge in [-0.1, -0.05) is 11.6 Å². The SMILES string of the molecule is CNc1ccc(-c2csc(Nc3ccc(Cl)cn3)n2)nc1. The third kappa shape index (κ3) is 3.29. The van der Waals surface area contributed by atoms with Crippen LogP contribution in [0.1, 0.15) is 0 Å². The lowest BCUT2D eigenvalue weighted by Crippen LogP contribution is -1.93. The monoisotopic (exact) mass is 317 g/mol. The maximum atomic E-state index is 5.81. The fourth-order valence-corrected chi connectivity index (χ4v) is 2.52. The first kappa shape index (κ1) is 13.8. The second-order valence-electron chi connectivity index (χ2n) is 4.21. The second-order valence-corrected chi connectivity index (χ2v) is 5.50. The van der Waals surface area contributed by atoms with Crippen LogP contribution < -0.4 is 10.6 Å². The van der Waals surface area contributed by atoms with Gasteiger partial charge in [0, 0.05) is 18.6 Å². The molecular formula is C14H12ClN5S. The van der Waals surface area contributed by atoms with Crippen molar-refractivity contribution in [2.45, 2.75) is 0 Å². The Morgan fingerprint density at radius 1 is 1.05 bits per heavy atom. The molecule has 106 valence electrons. The van der Waals surface area contributed by atoms with Crippen LogP contribution in [0.4, 0.5) is 16.6 Å². The van der Waals surface area contributed by atoms with Gasteiger partial charge in [-0.05, 0) is 24.3 Å². The smallest absolute Gasteiger partial charge is 0.188 e. The molecule has 0 amide bonds. The van der Waals surface area contributed by atoms with Crippen molar-refractivity contribution in [3.63, 3.8) is 0 Å². The molecule has 0 atom stereocenters. The van der Waals surface area contributed by atoms with Gasteiger partial charge in [-0.3, -0.25) is 4.98 Å². The van der Waals surface area contributed by atoms with E-state index in [1.165, 1.54) is 11.3 Å². The molecule has 0 bridgehead atoms. The summed E-state index contributed by atoms with van der Waals surface area (Å²) >= 11 is 7.31. The van der Waals surface area contributed by atoms with Crippen molar-refractivity contribution in [2.24, 2.45) is 0 Å². The number of nitrogens with zero attached hydrogens (tertiary/aromatic N) is 3. The average molecular weight is 318 g/mol. The number of pyridine rings is 2. The van der Waals surface area contributed by atoms with E-state index >= 15 is 0 Å². The number of thiazole rings is 1. The van der Waals surface area contributed by atoms with Crippen LogP contribution in [0.2, 0.25) is 5.02 Å². The zero-order valence-electron chi connectivity index (χ0n) is 11.2. The summed E-state index contributed by atoms with van der Waals surface area (Å²) in [6.45, 7) is 0. The third-order valence-corrected chi connectivity index (χ3v) is 3.76. The molecule has 3 rings (SSSR count). The zero-order chi connectivity index (χ0) is 14.7. The Morgan fingerprint density at radius 3 is 2.62 bits per heavy atom. The summed E-state index contributed by atoms with van der Waals surface area (Å²) in [7, 11) is 1.86. The molecule has 5 nitrogen and oxygen atoms in total. The molecular weight excluding hydrogens is 306 g/mol. The minimum Gasteiger partial charge on any atom is -0.387 e. The van der Waals surface area contributed by atoms with Gasteiger partial charge < -0.3 is 10.6 Å². The first-order valence-corrected chi connectivity index (χ1v) is 7.48. The van der Waals surface area contributed by atoms with Crippen LogP contribution in [0.5, 0.6) is 0 Å². The van der Waals surface area contributed by atoms with Crippen molar-refractivity contribution < 1.29 is 0 Å². The molecule has 0 unspecified atom stereocenters. The van der Waals surface area contributed by atoms with Gasteiger partial charge in [-0.15, -0.1) is 11.3 Å². The van der Waals surface area contributed by atoms with Crippen molar-refractivity contribution >= 4 is 39.6 Å². The van der Waals surface area contributed by atoms with Crippen LogP contribution >= 0.6 is 22.9 Å². The van der Waals surface area contributed by atoms with Gasteiger partial charge in [-0.2, -0.15) is 0 Å². The van der Waals surface area contributed by atoms with Crippen LogP contribution in [0.15, 0.2) is 42.0 Å². The highest BCUT2D eigenvalue weighted by Gasteiger charge is 2.06. The van der Waals surface area contributed by atoms with E-state index in [9.17, 15) is 0 Å². The molecule has 0 saturated carbocycles. The summed E-state index contributed by atoms with van der Waals surface area (Å²) in [6.07, 6.45) is 3.37. The van der Waals surface area contributed by atoms with E-state index in [0.717, 1.165) is 22.2 Å². The molecule has 0 aliphatic heterocycles. The first-order valence-electron chi connectivity index (χ1n) is 6.23. The summed E-state index contributed by atoms with van der Waals surface area (Å²) in [5.74, 6) is 0.707. The molecule has 3 aromatic heterocycles. The lowest BCUT2D eigenvalue weighted by Gasteiger charge is -2.01. The number of rotatable bonds is 4. The highest BCUT2D eigenvalue weighted by atomic mass is 35.5. The molecule has 3 heterocycles. The van der Waals surface area contributed by atoms with Gasteiger partial charge in [0.25, 0.3) is 0 Å². The average Bonchev–Trinajstić information content (AvgIpc) is 2.98. The quantitative estimate of drug-likeness (QED) is 0.760. The molecule has 0 aliphatic rings.